The third kappa shape index (κ3) is 4.59. The Hall–Kier alpha value is -1.30. The van der Waals surface area contributed by atoms with Gasteiger partial charge in [-0.05, 0) is 29.5 Å². The van der Waals surface area contributed by atoms with Gasteiger partial charge in [-0.25, -0.2) is 0 Å². The molecule has 1 aromatic rings. The minimum atomic E-state index is -4.48. The van der Waals surface area contributed by atoms with Crippen molar-refractivity contribution in [1.82, 2.24) is 0 Å². The Morgan fingerprint density at radius 1 is 1.29 bits per heavy atom. The van der Waals surface area contributed by atoms with Gasteiger partial charge in [0, 0.05) is 17.8 Å². The van der Waals surface area contributed by atoms with E-state index in [-0.39, 0.29) is 16.0 Å². The second kappa shape index (κ2) is 6.22. The van der Waals surface area contributed by atoms with E-state index in [1.807, 2.05) is 0 Å². The molecule has 0 heterocycles. The monoisotopic (exact) mass is 318 g/mol. The molecule has 1 rings (SSSR count). The molecule has 0 fully saturated rings. The van der Waals surface area contributed by atoms with Gasteiger partial charge in [-0.2, -0.15) is 13.2 Å². The molecule has 0 atom stereocenters. The molecule has 3 N–H and O–H groups in total. The maximum atomic E-state index is 13.0. The fourth-order valence-electron chi connectivity index (χ4n) is 1.64. The second-order valence-corrected chi connectivity index (χ2v) is 6.56. The molecule has 0 aliphatic carbocycles. The van der Waals surface area contributed by atoms with Crippen LogP contribution in [-0.2, 0) is 6.18 Å². The van der Waals surface area contributed by atoms with E-state index >= 15 is 0 Å². The van der Waals surface area contributed by atoms with Gasteiger partial charge in [-0.3, -0.25) is 0 Å². The number of halogens is 3. The summed E-state index contributed by atoms with van der Waals surface area (Å²) >= 11 is 4.68. The third-order valence-corrected chi connectivity index (χ3v) is 4.12. The van der Waals surface area contributed by atoms with Crippen molar-refractivity contribution in [1.29, 1.82) is 0 Å². The Morgan fingerprint density at radius 3 is 2.29 bits per heavy atom. The lowest BCUT2D eigenvalue weighted by atomic mass is 9.81. The van der Waals surface area contributed by atoms with Gasteiger partial charge >= 0.3 is 6.18 Å². The van der Waals surface area contributed by atoms with Crippen LogP contribution in [0.1, 0.15) is 38.8 Å². The number of benzene rings is 1. The van der Waals surface area contributed by atoms with Crippen molar-refractivity contribution in [2.45, 2.75) is 33.9 Å². The molecule has 0 bridgehead atoms. The van der Waals surface area contributed by atoms with E-state index in [9.17, 15) is 13.2 Å². The van der Waals surface area contributed by atoms with E-state index in [1.54, 1.807) is 6.07 Å². The van der Waals surface area contributed by atoms with Crippen LogP contribution >= 0.6 is 12.2 Å². The molecule has 0 spiro atoms. The smallest absolute Gasteiger partial charge is 0.389 e. The SMILES string of the molecule is CC(C)C(C)(C)CNc1ccc(C(N)=S)c(C(F)(F)F)c1. The highest BCUT2D eigenvalue weighted by molar-refractivity contribution is 7.80. The van der Waals surface area contributed by atoms with Gasteiger partial charge < -0.3 is 11.1 Å². The van der Waals surface area contributed by atoms with Crippen LogP contribution in [0.25, 0.3) is 0 Å². The molecule has 0 amide bonds. The first kappa shape index (κ1) is 17.8. The fraction of sp³-hybridized carbons (Fsp3) is 0.533. The molecule has 1 aromatic carbocycles. The number of hydrogen-bond acceptors (Lipinski definition) is 2. The van der Waals surface area contributed by atoms with E-state index in [0.29, 0.717) is 18.2 Å². The number of hydrogen-bond donors (Lipinski definition) is 2. The summed E-state index contributed by atoms with van der Waals surface area (Å²) in [6.07, 6.45) is -4.48. The van der Waals surface area contributed by atoms with Gasteiger partial charge in [-0.15, -0.1) is 0 Å². The number of nitrogens with two attached hydrogens (primary N) is 1. The maximum absolute atomic E-state index is 13.0. The van der Waals surface area contributed by atoms with Crippen LogP contribution in [-0.4, -0.2) is 11.5 Å². The van der Waals surface area contributed by atoms with E-state index in [1.165, 1.54) is 6.07 Å². The van der Waals surface area contributed by atoms with E-state index in [0.717, 1.165) is 6.07 Å². The van der Waals surface area contributed by atoms with E-state index in [2.05, 4.69) is 45.2 Å². The van der Waals surface area contributed by atoms with Crippen molar-refractivity contribution in [3.05, 3.63) is 29.3 Å². The Kier molecular flexibility index (Phi) is 5.25. The zero-order chi connectivity index (χ0) is 16.4. The van der Waals surface area contributed by atoms with Gasteiger partial charge in [0.2, 0.25) is 0 Å². The summed E-state index contributed by atoms with van der Waals surface area (Å²) in [6.45, 7) is 8.88. The lowest BCUT2D eigenvalue weighted by Crippen LogP contribution is -2.28. The number of alkyl halides is 3. The lowest BCUT2D eigenvalue weighted by Gasteiger charge is -2.30. The third-order valence-electron chi connectivity index (χ3n) is 3.90. The molecule has 0 aliphatic rings. The summed E-state index contributed by atoms with van der Waals surface area (Å²) in [5.74, 6) is 0.406. The van der Waals surface area contributed by atoms with Crippen molar-refractivity contribution in [3.8, 4) is 0 Å². The average Bonchev–Trinajstić information content (AvgIpc) is 2.34. The number of nitrogens with one attached hydrogen (secondary N) is 1. The van der Waals surface area contributed by atoms with Gasteiger partial charge in [-0.1, -0.05) is 39.9 Å². The maximum Gasteiger partial charge on any atom is 0.417 e. The van der Waals surface area contributed by atoms with Crippen LogP contribution in [0.5, 0.6) is 0 Å². The van der Waals surface area contributed by atoms with Gasteiger partial charge in [0.1, 0.15) is 4.99 Å². The van der Waals surface area contributed by atoms with Crippen molar-refractivity contribution >= 4 is 22.9 Å². The zero-order valence-electron chi connectivity index (χ0n) is 12.6. The van der Waals surface area contributed by atoms with Crippen LogP contribution in [0.3, 0.4) is 0 Å². The molecule has 0 saturated heterocycles. The average molecular weight is 318 g/mol. The van der Waals surface area contributed by atoms with Crippen molar-refractivity contribution < 1.29 is 13.2 Å². The standard InChI is InChI=1S/C15H21F3N2S/c1-9(2)14(3,4)8-20-10-5-6-11(13(19)21)12(7-10)15(16,17)18/h5-7,9,20H,8H2,1-4H3,(H2,19,21). The summed E-state index contributed by atoms with van der Waals surface area (Å²) in [5, 5.41) is 3.06. The van der Waals surface area contributed by atoms with Gasteiger partial charge in [0.05, 0.1) is 5.56 Å². The van der Waals surface area contributed by atoms with Crippen LogP contribution in [0.4, 0.5) is 18.9 Å². The highest BCUT2D eigenvalue weighted by atomic mass is 32.1. The van der Waals surface area contributed by atoms with Crippen molar-refractivity contribution in [2.75, 3.05) is 11.9 Å². The topological polar surface area (TPSA) is 38.0 Å². The summed E-state index contributed by atoms with van der Waals surface area (Å²) < 4.78 is 39.1. The molecule has 2 nitrogen and oxygen atoms in total. The lowest BCUT2D eigenvalue weighted by molar-refractivity contribution is -0.137. The summed E-state index contributed by atoms with van der Waals surface area (Å²) in [6, 6.07) is 3.95. The quantitative estimate of drug-likeness (QED) is 0.789. The normalized spacial score (nSPS) is 12.6. The van der Waals surface area contributed by atoms with Gasteiger partial charge in [0.15, 0.2) is 0 Å². The molecular formula is C15H21F3N2S. The Morgan fingerprint density at radius 2 is 1.86 bits per heavy atom. The predicted octanol–water partition coefficient (Wildman–Crippen LogP) is 4.43. The largest absolute Gasteiger partial charge is 0.417 e. The Labute approximate surface area is 128 Å². The van der Waals surface area contributed by atoms with Crippen molar-refractivity contribution in [3.63, 3.8) is 0 Å². The minimum Gasteiger partial charge on any atom is -0.389 e. The molecule has 0 saturated carbocycles. The van der Waals surface area contributed by atoms with Crippen molar-refractivity contribution in [2.24, 2.45) is 17.1 Å². The number of thiocarbonyl (C=S) groups is 1. The summed E-state index contributed by atoms with van der Waals surface area (Å²) in [5.41, 5.74) is 4.79. The fourth-order valence-corrected chi connectivity index (χ4v) is 1.82. The summed E-state index contributed by atoms with van der Waals surface area (Å²) in [4.78, 5) is -0.253. The molecule has 0 radical (unpaired) electrons. The molecule has 0 aromatic heterocycles. The second-order valence-electron chi connectivity index (χ2n) is 6.12. The minimum absolute atomic E-state index is 0.0275. The summed E-state index contributed by atoms with van der Waals surface area (Å²) in [7, 11) is 0. The van der Waals surface area contributed by atoms with Gasteiger partial charge in [0.25, 0.3) is 0 Å². The van der Waals surface area contributed by atoms with Crippen LogP contribution in [0.15, 0.2) is 18.2 Å². The first-order valence-electron chi connectivity index (χ1n) is 6.70. The van der Waals surface area contributed by atoms with Crippen LogP contribution in [0.2, 0.25) is 0 Å². The molecule has 21 heavy (non-hydrogen) atoms. The zero-order valence-corrected chi connectivity index (χ0v) is 13.5. The number of rotatable bonds is 5. The van der Waals surface area contributed by atoms with E-state index in [4.69, 9.17) is 5.73 Å². The molecule has 0 unspecified atom stereocenters. The van der Waals surface area contributed by atoms with Crippen LogP contribution < -0.4 is 11.1 Å². The Balaban J connectivity index is 3.04. The van der Waals surface area contributed by atoms with Crippen LogP contribution in [0, 0.1) is 11.3 Å². The first-order chi connectivity index (χ1) is 9.45. The van der Waals surface area contributed by atoms with E-state index < -0.39 is 11.7 Å². The molecule has 118 valence electrons. The molecule has 0 aliphatic heterocycles. The highest BCUT2D eigenvalue weighted by Gasteiger charge is 2.34. The predicted molar refractivity (Wildman–Crippen MR) is 84.4 cm³/mol. The highest BCUT2D eigenvalue weighted by Crippen LogP contribution is 2.34. The molecule has 6 heteroatoms. The number of anilines is 1. The first-order valence-corrected chi connectivity index (χ1v) is 7.11. The Bertz CT molecular complexity index is 522. The molecular weight excluding hydrogens is 297 g/mol.